The zero-order valence-electron chi connectivity index (χ0n) is 13.6. The van der Waals surface area contributed by atoms with Gasteiger partial charge in [0, 0.05) is 24.5 Å². The Balaban J connectivity index is 1.60. The fourth-order valence-electron chi connectivity index (χ4n) is 2.63. The Morgan fingerprint density at radius 3 is 2.92 bits per heavy atom. The number of thiophene rings is 1. The quantitative estimate of drug-likeness (QED) is 0.670. The highest BCUT2D eigenvalue weighted by Gasteiger charge is 2.12. The predicted molar refractivity (Wildman–Crippen MR) is 97.6 cm³/mol. The second-order valence-corrected chi connectivity index (χ2v) is 6.66. The van der Waals surface area contributed by atoms with Crippen LogP contribution in [0.15, 0.2) is 52.1 Å². The standard InChI is InChI=1S/C18H19N3O3S/c22-11-14(7-13-5-6-25-12-13)8-19-17(23)10-21-18(24)16-4-2-1-3-15(16)9-20-21/h1-6,9,12,14,22H,7-8,10-11H2,(H,19,23). The number of fused-ring (bicyclic) bond motifs is 1. The molecule has 3 aromatic rings. The highest BCUT2D eigenvalue weighted by molar-refractivity contribution is 7.07. The van der Waals surface area contributed by atoms with Crippen molar-refractivity contribution in [2.75, 3.05) is 13.2 Å². The number of amides is 1. The van der Waals surface area contributed by atoms with E-state index in [4.69, 9.17) is 0 Å². The van der Waals surface area contributed by atoms with E-state index in [0.717, 1.165) is 15.6 Å². The van der Waals surface area contributed by atoms with Gasteiger partial charge in [-0.05, 0) is 34.9 Å². The van der Waals surface area contributed by atoms with Gasteiger partial charge in [0.05, 0.1) is 11.6 Å². The molecule has 0 aliphatic heterocycles. The van der Waals surface area contributed by atoms with E-state index in [1.807, 2.05) is 29.0 Å². The average molecular weight is 357 g/mol. The summed E-state index contributed by atoms with van der Waals surface area (Å²) in [7, 11) is 0. The maximum atomic E-state index is 12.4. The Bertz CT molecular complexity index is 905. The number of nitrogens with zero attached hydrogens (tertiary/aromatic N) is 2. The number of aromatic nitrogens is 2. The molecule has 2 aromatic heterocycles. The molecule has 2 heterocycles. The number of hydrogen-bond acceptors (Lipinski definition) is 5. The molecule has 0 radical (unpaired) electrons. The van der Waals surface area contributed by atoms with Crippen molar-refractivity contribution in [3.63, 3.8) is 0 Å². The lowest BCUT2D eigenvalue weighted by Gasteiger charge is -2.14. The zero-order valence-corrected chi connectivity index (χ0v) is 14.4. The van der Waals surface area contributed by atoms with Crippen LogP contribution in [0.2, 0.25) is 0 Å². The average Bonchev–Trinajstić information content (AvgIpc) is 3.14. The van der Waals surface area contributed by atoms with Gasteiger partial charge in [0.1, 0.15) is 6.54 Å². The van der Waals surface area contributed by atoms with Crippen molar-refractivity contribution in [2.45, 2.75) is 13.0 Å². The first-order chi connectivity index (χ1) is 12.2. The SMILES string of the molecule is O=C(Cn1ncc2ccccc2c1=O)NCC(CO)Cc1ccsc1. The second-order valence-electron chi connectivity index (χ2n) is 5.88. The molecule has 0 bridgehead atoms. The topological polar surface area (TPSA) is 84.2 Å². The van der Waals surface area contributed by atoms with Crippen LogP contribution < -0.4 is 10.9 Å². The molecule has 0 saturated carbocycles. The fraction of sp³-hybridized carbons (Fsp3) is 0.278. The lowest BCUT2D eigenvalue weighted by Crippen LogP contribution is -2.37. The number of benzene rings is 1. The second kappa shape index (κ2) is 8.04. The van der Waals surface area contributed by atoms with Crippen molar-refractivity contribution >= 4 is 28.0 Å². The fourth-order valence-corrected chi connectivity index (χ4v) is 3.32. The summed E-state index contributed by atoms with van der Waals surface area (Å²) < 4.78 is 1.16. The molecule has 1 aromatic carbocycles. The third-order valence-electron chi connectivity index (χ3n) is 4.01. The van der Waals surface area contributed by atoms with Crippen molar-refractivity contribution in [3.8, 4) is 0 Å². The Labute approximate surface area is 148 Å². The normalized spacial score (nSPS) is 12.2. The van der Waals surface area contributed by atoms with E-state index < -0.39 is 0 Å². The van der Waals surface area contributed by atoms with E-state index in [2.05, 4.69) is 10.4 Å². The molecule has 6 nitrogen and oxygen atoms in total. The third kappa shape index (κ3) is 4.32. The number of hydrogen-bond donors (Lipinski definition) is 2. The molecule has 1 atom stereocenters. The van der Waals surface area contributed by atoms with Crippen molar-refractivity contribution in [2.24, 2.45) is 5.92 Å². The molecule has 1 unspecified atom stereocenters. The minimum atomic E-state index is -0.298. The van der Waals surface area contributed by atoms with E-state index in [1.54, 1.807) is 29.7 Å². The van der Waals surface area contributed by atoms with Crippen LogP contribution >= 0.6 is 11.3 Å². The van der Waals surface area contributed by atoms with Crippen molar-refractivity contribution in [1.82, 2.24) is 15.1 Å². The van der Waals surface area contributed by atoms with Gasteiger partial charge in [-0.2, -0.15) is 16.4 Å². The number of rotatable bonds is 7. The molecular weight excluding hydrogens is 338 g/mol. The summed E-state index contributed by atoms with van der Waals surface area (Å²) in [6.45, 7) is 0.206. The van der Waals surface area contributed by atoms with Gasteiger partial charge >= 0.3 is 0 Å². The van der Waals surface area contributed by atoms with Crippen LogP contribution in [-0.2, 0) is 17.8 Å². The Morgan fingerprint density at radius 1 is 1.32 bits per heavy atom. The Hall–Kier alpha value is -2.51. The van der Waals surface area contributed by atoms with Crippen molar-refractivity contribution < 1.29 is 9.90 Å². The maximum absolute atomic E-state index is 12.4. The molecule has 3 rings (SSSR count). The molecule has 0 spiro atoms. The molecule has 0 fully saturated rings. The van der Waals surface area contributed by atoms with Crippen molar-refractivity contribution in [3.05, 3.63) is 63.2 Å². The molecular formula is C18H19N3O3S. The number of aliphatic hydroxyl groups excluding tert-OH is 1. The number of aliphatic hydroxyl groups is 1. The number of carbonyl (C=O) groups excluding carboxylic acids is 1. The molecule has 130 valence electrons. The van der Waals surface area contributed by atoms with Gasteiger partial charge in [0.15, 0.2) is 0 Å². The van der Waals surface area contributed by atoms with Crippen LogP contribution in [0.4, 0.5) is 0 Å². The van der Waals surface area contributed by atoms with Gasteiger partial charge < -0.3 is 10.4 Å². The predicted octanol–water partition coefficient (Wildman–Crippen LogP) is 1.43. The Morgan fingerprint density at radius 2 is 2.16 bits per heavy atom. The van der Waals surface area contributed by atoms with E-state index in [-0.39, 0.29) is 30.5 Å². The van der Waals surface area contributed by atoms with Crippen LogP contribution in [0, 0.1) is 5.92 Å². The first-order valence-electron chi connectivity index (χ1n) is 8.01. The molecule has 0 aliphatic rings. The van der Waals surface area contributed by atoms with E-state index in [9.17, 15) is 14.7 Å². The van der Waals surface area contributed by atoms with Crippen LogP contribution in [0.5, 0.6) is 0 Å². The van der Waals surface area contributed by atoms with Gasteiger partial charge in [-0.15, -0.1) is 0 Å². The summed E-state index contributed by atoms with van der Waals surface area (Å²) in [6, 6.07) is 9.15. The summed E-state index contributed by atoms with van der Waals surface area (Å²) in [6.07, 6.45) is 2.28. The molecule has 2 N–H and O–H groups in total. The van der Waals surface area contributed by atoms with Crippen LogP contribution in [-0.4, -0.2) is 33.9 Å². The molecule has 0 aliphatic carbocycles. The van der Waals surface area contributed by atoms with Crippen LogP contribution in [0.25, 0.3) is 10.8 Å². The summed E-state index contributed by atoms with van der Waals surface area (Å²) >= 11 is 1.61. The molecule has 7 heteroatoms. The summed E-state index contributed by atoms with van der Waals surface area (Å²) in [5, 5.41) is 21.6. The van der Waals surface area contributed by atoms with Gasteiger partial charge in [0.25, 0.3) is 5.56 Å². The third-order valence-corrected chi connectivity index (χ3v) is 4.74. The smallest absolute Gasteiger partial charge is 0.275 e. The van der Waals surface area contributed by atoms with Gasteiger partial charge in [-0.3, -0.25) is 9.59 Å². The van der Waals surface area contributed by atoms with E-state index in [1.165, 1.54) is 0 Å². The number of nitrogens with one attached hydrogen (secondary N) is 1. The minimum Gasteiger partial charge on any atom is -0.396 e. The monoisotopic (exact) mass is 357 g/mol. The van der Waals surface area contributed by atoms with Gasteiger partial charge in [-0.25, -0.2) is 4.68 Å². The minimum absolute atomic E-state index is 0.00962. The highest BCUT2D eigenvalue weighted by Crippen LogP contribution is 2.11. The number of carbonyl (C=O) groups is 1. The lowest BCUT2D eigenvalue weighted by atomic mass is 10.0. The lowest BCUT2D eigenvalue weighted by molar-refractivity contribution is -0.122. The Kier molecular flexibility index (Phi) is 5.57. The van der Waals surface area contributed by atoms with E-state index in [0.29, 0.717) is 18.4 Å². The maximum Gasteiger partial charge on any atom is 0.275 e. The molecule has 0 saturated heterocycles. The summed E-state index contributed by atoms with van der Waals surface area (Å²) in [4.78, 5) is 24.5. The zero-order chi connectivity index (χ0) is 17.6. The van der Waals surface area contributed by atoms with Crippen LogP contribution in [0.3, 0.4) is 0 Å². The highest BCUT2D eigenvalue weighted by atomic mass is 32.1. The largest absolute Gasteiger partial charge is 0.396 e. The van der Waals surface area contributed by atoms with Gasteiger partial charge in [-0.1, -0.05) is 18.2 Å². The van der Waals surface area contributed by atoms with Crippen molar-refractivity contribution in [1.29, 1.82) is 0 Å². The van der Waals surface area contributed by atoms with E-state index >= 15 is 0 Å². The molecule has 25 heavy (non-hydrogen) atoms. The summed E-state index contributed by atoms with van der Waals surface area (Å²) in [5.74, 6) is -0.353. The molecule has 1 amide bonds. The van der Waals surface area contributed by atoms with Gasteiger partial charge in [0.2, 0.25) is 5.91 Å². The summed E-state index contributed by atoms with van der Waals surface area (Å²) in [5.41, 5.74) is 0.857. The first kappa shape index (κ1) is 17.3. The first-order valence-corrected chi connectivity index (χ1v) is 8.95. The van der Waals surface area contributed by atoms with Crippen LogP contribution in [0.1, 0.15) is 5.56 Å².